The van der Waals surface area contributed by atoms with Crippen LogP contribution < -0.4 is 4.74 Å². The first-order valence-corrected chi connectivity index (χ1v) is 3.51. The smallest absolute Gasteiger partial charge is 0.213 e. The lowest BCUT2D eigenvalue weighted by atomic mass is 10.4. The molecule has 11 heavy (non-hydrogen) atoms. The summed E-state index contributed by atoms with van der Waals surface area (Å²) in [5, 5.41) is 8.64. The molecule has 0 bridgehead atoms. The Labute approximate surface area is 65.7 Å². The number of aromatic nitrogens is 1. The second-order valence-corrected chi connectivity index (χ2v) is 2.28. The topological polar surface area (TPSA) is 42.4 Å². The third-order valence-electron chi connectivity index (χ3n) is 1.22. The third kappa shape index (κ3) is 2.55. The molecule has 0 spiro atoms. The molecule has 0 aromatic carbocycles. The molecule has 0 aliphatic heterocycles. The third-order valence-corrected chi connectivity index (χ3v) is 1.22. The van der Waals surface area contributed by atoms with Crippen LogP contribution in [-0.2, 0) is 0 Å². The fourth-order valence-electron chi connectivity index (χ4n) is 0.660. The number of hydrogen-bond acceptors (Lipinski definition) is 3. The van der Waals surface area contributed by atoms with Gasteiger partial charge in [-0.05, 0) is 13.0 Å². The first-order valence-electron chi connectivity index (χ1n) is 3.51. The van der Waals surface area contributed by atoms with Crippen LogP contribution in [0.25, 0.3) is 0 Å². The largest absolute Gasteiger partial charge is 0.472 e. The van der Waals surface area contributed by atoms with Gasteiger partial charge in [-0.25, -0.2) is 4.98 Å². The normalized spacial score (nSPS) is 12.5. The van der Waals surface area contributed by atoms with Crippen LogP contribution in [0, 0.1) is 0 Å². The van der Waals surface area contributed by atoms with Crippen LogP contribution in [0.3, 0.4) is 0 Å². The van der Waals surface area contributed by atoms with Crippen molar-refractivity contribution in [2.75, 3.05) is 6.61 Å². The maximum Gasteiger partial charge on any atom is 0.213 e. The van der Waals surface area contributed by atoms with Crippen molar-refractivity contribution in [3.8, 4) is 5.88 Å². The van der Waals surface area contributed by atoms with E-state index in [1.165, 1.54) is 0 Å². The van der Waals surface area contributed by atoms with Crippen molar-refractivity contribution >= 4 is 0 Å². The van der Waals surface area contributed by atoms with Gasteiger partial charge in [0.2, 0.25) is 5.88 Å². The van der Waals surface area contributed by atoms with E-state index in [-0.39, 0.29) is 12.7 Å². The molecule has 1 rings (SSSR count). The molecular weight excluding hydrogens is 142 g/mol. The van der Waals surface area contributed by atoms with Gasteiger partial charge in [0.05, 0.1) is 6.61 Å². The highest BCUT2D eigenvalue weighted by molar-refractivity contribution is 5.09. The molecule has 0 unspecified atom stereocenters. The summed E-state index contributed by atoms with van der Waals surface area (Å²) >= 11 is 0. The molecule has 0 saturated heterocycles. The maximum atomic E-state index is 8.64. The maximum absolute atomic E-state index is 8.64. The zero-order chi connectivity index (χ0) is 8.10. The first-order chi connectivity index (χ1) is 5.33. The van der Waals surface area contributed by atoms with Gasteiger partial charge in [-0.3, -0.25) is 0 Å². The Kier molecular flexibility index (Phi) is 2.86. The van der Waals surface area contributed by atoms with Gasteiger partial charge in [0.15, 0.2) is 0 Å². The van der Waals surface area contributed by atoms with E-state index in [4.69, 9.17) is 9.84 Å². The standard InChI is InChI=1S/C8H11NO2/c1-7(6-10)11-8-4-2-3-5-9-8/h2-5,7,10H,6H2,1H3/t7-/m1/s1. The van der Waals surface area contributed by atoms with Gasteiger partial charge in [-0.15, -0.1) is 0 Å². The van der Waals surface area contributed by atoms with Crippen LogP contribution in [0.2, 0.25) is 0 Å². The summed E-state index contributed by atoms with van der Waals surface area (Å²) in [5.74, 6) is 0.550. The minimum absolute atomic E-state index is 0.0105. The van der Waals surface area contributed by atoms with Crippen molar-refractivity contribution in [1.29, 1.82) is 0 Å². The summed E-state index contributed by atoms with van der Waals surface area (Å²) in [4.78, 5) is 3.93. The molecule has 0 aliphatic carbocycles. The van der Waals surface area contributed by atoms with E-state index in [9.17, 15) is 0 Å². The Balaban J connectivity index is 2.51. The lowest BCUT2D eigenvalue weighted by molar-refractivity contribution is 0.125. The highest BCUT2D eigenvalue weighted by Gasteiger charge is 2.00. The van der Waals surface area contributed by atoms with E-state index in [0.717, 1.165) is 0 Å². The van der Waals surface area contributed by atoms with Crippen molar-refractivity contribution < 1.29 is 9.84 Å². The number of aliphatic hydroxyl groups excluding tert-OH is 1. The SMILES string of the molecule is C[C@H](CO)Oc1ccccn1. The van der Waals surface area contributed by atoms with Crippen LogP contribution in [-0.4, -0.2) is 22.8 Å². The molecule has 1 N–H and O–H groups in total. The van der Waals surface area contributed by atoms with E-state index < -0.39 is 0 Å². The molecule has 1 aromatic heterocycles. The van der Waals surface area contributed by atoms with Crippen molar-refractivity contribution in [2.24, 2.45) is 0 Å². The van der Waals surface area contributed by atoms with Crippen molar-refractivity contribution in [2.45, 2.75) is 13.0 Å². The van der Waals surface area contributed by atoms with Crippen LogP contribution in [0.1, 0.15) is 6.92 Å². The molecule has 3 heteroatoms. The van der Waals surface area contributed by atoms with Gasteiger partial charge in [0, 0.05) is 12.3 Å². The minimum Gasteiger partial charge on any atom is -0.472 e. The lowest BCUT2D eigenvalue weighted by Gasteiger charge is -2.09. The van der Waals surface area contributed by atoms with E-state index in [1.54, 1.807) is 19.2 Å². The number of pyridine rings is 1. The summed E-state index contributed by atoms with van der Waals surface area (Å²) < 4.78 is 5.20. The minimum atomic E-state index is -0.190. The number of rotatable bonds is 3. The zero-order valence-corrected chi connectivity index (χ0v) is 6.40. The fourth-order valence-corrected chi connectivity index (χ4v) is 0.660. The fraction of sp³-hybridized carbons (Fsp3) is 0.375. The Morgan fingerprint density at radius 3 is 3.00 bits per heavy atom. The molecule has 0 amide bonds. The summed E-state index contributed by atoms with van der Waals surface area (Å²) in [5.41, 5.74) is 0. The second-order valence-electron chi connectivity index (χ2n) is 2.28. The summed E-state index contributed by atoms with van der Waals surface area (Å²) in [6.07, 6.45) is 1.46. The molecule has 60 valence electrons. The quantitative estimate of drug-likeness (QED) is 0.699. The van der Waals surface area contributed by atoms with E-state index in [2.05, 4.69) is 4.98 Å². The Morgan fingerprint density at radius 2 is 2.45 bits per heavy atom. The highest BCUT2D eigenvalue weighted by Crippen LogP contribution is 2.05. The summed E-state index contributed by atoms with van der Waals surface area (Å²) in [6.45, 7) is 1.80. The summed E-state index contributed by atoms with van der Waals surface area (Å²) in [7, 11) is 0. The first kappa shape index (κ1) is 8.01. The van der Waals surface area contributed by atoms with Gasteiger partial charge >= 0.3 is 0 Å². The van der Waals surface area contributed by atoms with Gasteiger partial charge in [0.1, 0.15) is 6.10 Å². The van der Waals surface area contributed by atoms with Crippen molar-refractivity contribution in [3.63, 3.8) is 0 Å². The zero-order valence-electron chi connectivity index (χ0n) is 6.40. The van der Waals surface area contributed by atoms with E-state index >= 15 is 0 Å². The molecule has 0 fully saturated rings. The van der Waals surface area contributed by atoms with Crippen LogP contribution in [0.5, 0.6) is 5.88 Å². The molecule has 0 radical (unpaired) electrons. The molecule has 0 saturated carbocycles. The van der Waals surface area contributed by atoms with Gasteiger partial charge in [-0.2, -0.15) is 0 Å². The molecule has 1 aromatic rings. The predicted octanol–water partition coefficient (Wildman–Crippen LogP) is 0.841. The van der Waals surface area contributed by atoms with Crippen molar-refractivity contribution in [1.82, 2.24) is 4.98 Å². The van der Waals surface area contributed by atoms with Crippen LogP contribution in [0.4, 0.5) is 0 Å². The predicted molar refractivity (Wildman–Crippen MR) is 41.4 cm³/mol. The highest BCUT2D eigenvalue weighted by atomic mass is 16.5. The van der Waals surface area contributed by atoms with Crippen LogP contribution >= 0.6 is 0 Å². The Hall–Kier alpha value is -1.09. The average molecular weight is 153 g/mol. The Bertz CT molecular complexity index is 201. The lowest BCUT2D eigenvalue weighted by Crippen LogP contribution is -2.16. The number of ether oxygens (including phenoxy) is 1. The summed E-state index contributed by atoms with van der Waals surface area (Å²) in [6, 6.07) is 5.41. The van der Waals surface area contributed by atoms with Gasteiger partial charge in [0.25, 0.3) is 0 Å². The van der Waals surface area contributed by atoms with Gasteiger partial charge in [-0.1, -0.05) is 6.07 Å². The number of nitrogens with zero attached hydrogens (tertiary/aromatic N) is 1. The molecular formula is C8H11NO2. The number of hydrogen-bond donors (Lipinski definition) is 1. The molecule has 1 heterocycles. The molecule has 1 atom stereocenters. The molecule has 3 nitrogen and oxygen atoms in total. The van der Waals surface area contributed by atoms with E-state index in [1.807, 2.05) is 12.1 Å². The van der Waals surface area contributed by atoms with Crippen molar-refractivity contribution in [3.05, 3.63) is 24.4 Å². The number of aliphatic hydroxyl groups is 1. The van der Waals surface area contributed by atoms with E-state index in [0.29, 0.717) is 5.88 Å². The monoisotopic (exact) mass is 153 g/mol. The van der Waals surface area contributed by atoms with Gasteiger partial charge < -0.3 is 9.84 Å². The Morgan fingerprint density at radius 1 is 1.64 bits per heavy atom. The average Bonchev–Trinajstić information content (AvgIpc) is 2.06. The van der Waals surface area contributed by atoms with Crippen LogP contribution in [0.15, 0.2) is 24.4 Å². The second kappa shape index (κ2) is 3.93. The molecule has 0 aliphatic rings.